The zero-order chi connectivity index (χ0) is 8.85. The van der Waals surface area contributed by atoms with Crippen LogP contribution in [0, 0.1) is 0 Å². The first-order valence-electron chi connectivity index (χ1n) is 3.19. The third-order valence-electron chi connectivity index (χ3n) is 1.02. The van der Waals surface area contributed by atoms with E-state index in [1.54, 1.807) is 6.92 Å². The van der Waals surface area contributed by atoms with Crippen LogP contribution >= 0.6 is 15.9 Å². The van der Waals surface area contributed by atoms with Crippen molar-refractivity contribution in [2.75, 3.05) is 6.61 Å². The van der Waals surface area contributed by atoms with Gasteiger partial charge in [-0.25, -0.2) is 4.79 Å². The van der Waals surface area contributed by atoms with E-state index < -0.39 is 12.1 Å². The van der Waals surface area contributed by atoms with Crippen LogP contribution in [0.4, 0.5) is 0 Å². The molecule has 0 aromatic rings. The summed E-state index contributed by atoms with van der Waals surface area (Å²) in [7, 11) is 0. The number of hydrogen-bond acceptors (Lipinski definition) is 3. The van der Waals surface area contributed by atoms with Crippen molar-refractivity contribution in [2.24, 2.45) is 0 Å². The molecule has 0 spiro atoms. The molecule has 0 aromatic carbocycles. The van der Waals surface area contributed by atoms with Crippen molar-refractivity contribution in [2.45, 2.75) is 17.9 Å². The Labute approximate surface area is 74.2 Å². The van der Waals surface area contributed by atoms with Crippen molar-refractivity contribution >= 4 is 21.9 Å². The summed E-state index contributed by atoms with van der Waals surface area (Å²) in [5, 5.41) is 9.07. The first-order chi connectivity index (χ1) is 5.09. The molecule has 0 aliphatic carbocycles. The van der Waals surface area contributed by atoms with Crippen molar-refractivity contribution in [3.05, 3.63) is 12.7 Å². The third-order valence-corrected chi connectivity index (χ3v) is 1.52. The molecule has 0 saturated carbocycles. The van der Waals surface area contributed by atoms with E-state index in [-0.39, 0.29) is 11.4 Å². The minimum Gasteiger partial charge on any atom is -0.460 e. The Bertz CT molecular complexity index is 145. The molecule has 0 radical (unpaired) electrons. The van der Waals surface area contributed by atoms with E-state index in [0.717, 1.165) is 0 Å². The zero-order valence-corrected chi connectivity index (χ0v) is 7.87. The van der Waals surface area contributed by atoms with Crippen LogP contribution in [-0.4, -0.2) is 28.6 Å². The predicted molar refractivity (Wildman–Crippen MR) is 45.6 cm³/mol. The highest BCUT2D eigenvalue weighted by molar-refractivity contribution is 9.09. The number of ether oxygens (including phenoxy) is 1. The van der Waals surface area contributed by atoms with Crippen molar-refractivity contribution in [1.29, 1.82) is 0 Å². The minimum absolute atomic E-state index is 0.135. The van der Waals surface area contributed by atoms with Gasteiger partial charge in [-0.3, -0.25) is 0 Å². The van der Waals surface area contributed by atoms with E-state index in [1.165, 1.54) is 6.08 Å². The van der Waals surface area contributed by atoms with Crippen LogP contribution in [0.3, 0.4) is 0 Å². The highest BCUT2D eigenvalue weighted by atomic mass is 79.9. The molecule has 0 amide bonds. The molecular weight excluding hydrogens is 212 g/mol. The normalized spacial score (nSPS) is 15.2. The van der Waals surface area contributed by atoms with Gasteiger partial charge in [0.1, 0.15) is 6.61 Å². The molecule has 0 saturated heterocycles. The molecule has 4 heteroatoms. The van der Waals surface area contributed by atoms with Gasteiger partial charge in [-0.2, -0.15) is 0 Å². The second kappa shape index (κ2) is 5.32. The van der Waals surface area contributed by atoms with Crippen LogP contribution in [0.2, 0.25) is 0 Å². The Balaban J connectivity index is 3.73. The summed E-state index contributed by atoms with van der Waals surface area (Å²) in [5.74, 6) is -0.630. The van der Waals surface area contributed by atoms with Gasteiger partial charge in [-0.05, 0) is 6.92 Å². The Kier molecular flexibility index (Phi) is 5.15. The van der Waals surface area contributed by atoms with Crippen LogP contribution in [0.25, 0.3) is 0 Å². The highest BCUT2D eigenvalue weighted by Gasteiger charge is 2.20. The summed E-state index contributed by atoms with van der Waals surface area (Å²) in [6.45, 7) is 5.17. The Hall–Kier alpha value is -0.350. The predicted octanol–water partition coefficient (Wildman–Crippen LogP) is 0.860. The lowest BCUT2D eigenvalue weighted by atomic mass is 10.3. The molecule has 0 fully saturated rings. The number of hydrogen-bond donors (Lipinski definition) is 1. The van der Waals surface area contributed by atoms with Crippen LogP contribution in [-0.2, 0) is 9.53 Å². The lowest BCUT2D eigenvalue weighted by Gasteiger charge is -2.10. The number of halogens is 1. The lowest BCUT2D eigenvalue weighted by Crippen LogP contribution is -2.29. The molecule has 3 nitrogen and oxygen atoms in total. The van der Waals surface area contributed by atoms with Gasteiger partial charge in [0.15, 0.2) is 6.10 Å². The van der Waals surface area contributed by atoms with E-state index in [0.29, 0.717) is 0 Å². The van der Waals surface area contributed by atoms with E-state index in [1.807, 2.05) is 0 Å². The molecular formula is C7H11BrO3. The number of aliphatic hydroxyl groups excluding tert-OH is 1. The Morgan fingerprint density at radius 3 is 2.82 bits per heavy atom. The first kappa shape index (κ1) is 10.7. The molecule has 0 rings (SSSR count). The number of carbonyl (C=O) groups excluding carboxylic acids is 1. The minimum atomic E-state index is -1.10. The van der Waals surface area contributed by atoms with Gasteiger partial charge < -0.3 is 9.84 Å². The van der Waals surface area contributed by atoms with Crippen molar-refractivity contribution in [1.82, 2.24) is 0 Å². The number of alkyl halides is 1. The van der Waals surface area contributed by atoms with Crippen molar-refractivity contribution in [3.8, 4) is 0 Å². The van der Waals surface area contributed by atoms with Gasteiger partial charge in [-0.1, -0.05) is 28.6 Å². The van der Waals surface area contributed by atoms with Gasteiger partial charge in [0.2, 0.25) is 0 Å². The Morgan fingerprint density at radius 1 is 1.91 bits per heavy atom. The quantitative estimate of drug-likeness (QED) is 0.436. The standard InChI is InChI=1S/C7H11BrO3/c1-3-4-11-7(10)6(9)5(2)8/h3,5-6,9H,1,4H2,2H3. The van der Waals surface area contributed by atoms with Gasteiger partial charge in [-0.15, -0.1) is 0 Å². The maximum Gasteiger partial charge on any atom is 0.336 e. The molecule has 0 aliphatic heterocycles. The first-order valence-corrected chi connectivity index (χ1v) is 4.10. The fraction of sp³-hybridized carbons (Fsp3) is 0.571. The van der Waals surface area contributed by atoms with Crippen LogP contribution in [0.1, 0.15) is 6.92 Å². The summed E-state index contributed by atoms with van der Waals surface area (Å²) in [6.07, 6.45) is 0.346. The van der Waals surface area contributed by atoms with Crippen LogP contribution in [0.5, 0.6) is 0 Å². The van der Waals surface area contributed by atoms with E-state index in [4.69, 9.17) is 5.11 Å². The van der Waals surface area contributed by atoms with Gasteiger partial charge in [0, 0.05) is 4.83 Å². The topological polar surface area (TPSA) is 46.5 Å². The summed E-state index contributed by atoms with van der Waals surface area (Å²) in [6, 6.07) is 0. The molecule has 0 aliphatic rings. The fourth-order valence-electron chi connectivity index (χ4n) is 0.414. The molecule has 1 N–H and O–H groups in total. The van der Waals surface area contributed by atoms with E-state index in [2.05, 4.69) is 27.2 Å². The number of rotatable bonds is 4. The average Bonchev–Trinajstić information content (AvgIpc) is 1.98. The molecule has 0 heterocycles. The summed E-state index contributed by atoms with van der Waals surface area (Å²) in [4.78, 5) is 10.5. The molecule has 64 valence electrons. The highest BCUT2D eigenvalue weighted by Crippen LogP contribution is 2.05. The van der Waals surface area contributed by atoms with Gasteiger partial charge in [0.25, 0.3) is 0 Å². The smallest absolute Gasteiger partial charge is 0.336 e. The SMILES string of the molecule is C=CCOC(=O)C(O)C(C)Br. The summed E-state index contributed by atoms with van der Waals surface area (Å²) in [5.41, 5.74) is 0. The maximum atomic E-state index is 10.8. The lowest BCUT2D eigenvalue weighted by molar-refractivity contribution is -0.151. The number of carbonyl (C=O) groups is 1. The maximum absolute atomic E-state index is 10.8. The molecule has 11 heavy (non-hydrogen) atoms. The molecule has 0 aromatic heterocycles. The molecule has 2 unspecified atom stereocenters. The Morgan fingerprint density at radius 2 is 2.45 bits per heavy atom. The van der Waals surface area contributed by atoms with Gasteiger partial charge >= 0.3 is 5.97 Å². The van der Waals surface area contributed by atoms with Gasteiger partial charge in [0.05, 0.1) is 0 Å². The van der Waals surface area contributed by atoms with Crippen molar-refractivity contribution in [3.63, 3.8) is 0 Å². The van der Waals surface area contributed by atoms with E-state index >= 15 is 0 Å². The number of esters is 1. The number of aliphatic hydroxyl groups is 1. The third kappa shape index (κ3) is 4.16. The van der Waals surface area contributed by atoms with Crippen molar-refractivity contribution < 1.29 is 14.6 Å². The summed E-state index contributed by atoms with van der Waals surface area (Å²) >= 11 is 3.06. The zero-order valence-electron chi connectivity index (χ0n) is 6.29. The second-order valence-electron chi connectivity index (χ2n) is 2.04. The fourth-order valence-corrected chi connectivity index (χ4v) is 0.630. The average molecular weight is 223 g/mol. The van der Waals surface area contributed by atoms with Crippen LogP contribution < -0.4 is 0 Å². The molecule has 2 atom stereocenters. The second-order valence-corrected chi connectivity index (χ2v) is 3.49. The van der Waals surface area contributed by atoms with E-state index in [9.17, 15) is 4.79 Å². The summed E-state index contributed by atoms with van der Waals surface area (Å²) < 4.78 is 4.58. The monoisotopic (exact) mass is 222 g/mol. The largest absolute Gasteiger partial charge is 0.460 e. The molecule has 0 bridgehead atoms. The van der Waals surface area contributed by atoms with Crippen LogP contribution in [0.15, 0.2) is 12.7 Å².